The van der Waals surface area contributed by atoms with Gasteiger partial charge in [-0.15, -0.1) is 0 Å². The van der Waals surface area contributed by atoms with Gasteiger partial charge < -0.3 is 26.8 Å². The molecule has 7 N–H and O–H groups in total. The predicted octanol–water partition coefficient (Wildman–Crippen LogP) is 1.66. The second-order valence-electron chi connectivity index (χ2n) is 10.5. The number of aliphatic hydroxyl groups excluding tert-OH is 1. The molecular formula is C24H39ClN6O4S. The van der Waals surface area contributed by atoms with Crippen LogP contribution in [0.25, 0.3) is 0 Å². The molecule has 2 aliphatic rings. The van der Waals surface area contributed by atoms with Crippen molar-refractivity contribution in [1.29, 1.82) is 0 Å². The minimum atomic E-state index is -4.08. The van der Waals surface area contributed by atoms with Gasteiger partial charge in [0.1, 0.15) is 10.9 Å². The first-order valence-electron chi connectivity index (χ1n) is 12.5. The Morgan fingerprint density at radius 3 is 2.67 bits per heavy atom. The van der Waals surface area contributed by atoms with Gasteiger partial charge in [0.25, 0.3) is 0 Å². The van der Waals surface area contributed by atoms with Gasteiger partial charge >= 0.3 is 0 Å². The molecule has 36 heavy (non-hydrogen) atoms. The number of piperidine rings is 1. The number of amides is 1. The largest absolute Gasteiger partial charge is 0.396 e. The fraction of sp³-hybridized carbons (Fsp3) is 0.667. The van der Waals surface area contributed by atoms with Crippen LogP contribution in [-0.2, 0) is 21.2 Å². The SMILES string of the molecule is CC1(C)CNc2c(cc(Cl)cc2S(=O)(=O)N[C@@H](CCCN=C(N)N)C(=O)N2CCC(CCO)CC2)C1. The van der Waals surface area contributed by atoms with Crippen molar-refractivity contribution < 1.29 is 18.3 Å². The minimum Gasteiger partial charge on any atom is -0.396 e. The topological polar surface area (TPSA) is 163 Å². The summed E-state index contributed by atoms with van der Waals surface area (Å²) in [4.78, 5) is 19.2. The Bertz CT molecular complexity index is 1070. The van der Waals surface area contributed by atoms with Crippen molar-refractivity contribution in [3.63, 3.8) is 0 Å². The van der Waals surface area contributed by atoms with E-state index in [0.29, 0.717) is 55.5 Å². The first-order chi connectivity index (χ1) is 16.9. The van der Waals surface area contributed by atoms with E-state index in [9.17, 15) is 18.3 Å². The number of carbonyl (C=O) groups excluding carboxylic acids is 1. The molecule has 1 atom stereocenters. The van der Waals surface area contributed by atoms with Crippen LogP contribution in [0.2, 0.25) is 5.02 Å². The maximum Gasteiger partial charge on any atom is 0.243 e. The molecule has 3 rings (SSSR count). The van der Waals surface area contributed by atoms with Gasteiger partial charge in [-0.2, -0.15) is 4.72 Å². The van der Waals surface area contributed by atoms with Crippen LogP contribution >= 0.6 is 11.6 Å². The van der Waals surface area contributed by atoms with E-state index in [1.165, 1.54) is 6.07 Å². The Hall–Kier alpha value is -2.08. The quantitative estimate of drug-likeness (QED) is 0.170. The summed E-state index contributed by atoms with van der Waals surface area (Å²) in [6.45, 7) is 6.29. The summed E-state index contributed by atoms with van der Waals surface area (Å²) in [6, 6.07) is 2.25. The van der Waals surface area contributed by atoms with E-state index in [1.54, 1.807) is 11.0 Å². The summed E-state index contributed by atoms with van der Waals surface area (Å²) >= 11 is 6.32. The number of anilines is 1. The van der Waals surface area contributed by atoms with Crippen LogP contribution < -0.4 is 21.5 Å². The molecule has 0 bridgehead atoms. The smallest absolute Gasteiger partial charge is 0.243 e. The molecule has 202 valence electrons. The van der Waals surface area contributed by atoms with Crippen LogP contribution in [0.4, 0.5) is 5.69 Å². The van der Waals surface area contributed by atoms with E-state index in [-0.39, 0.29) is 41.7 Å². The standard InChI is InChI=1S/C24H39ClN6O4S/c1-24(2)14-17-12-18(25)13-20(21(17)29-15-24)36(34,35)30-19(4-3-8-28-23(26)27)22(33)31-9-5-16(6-10-31)7-11-32/h12-13,16,19,29-30,32H,3-11,14-15H2,1-2H3,(H4,26,27,28)/t19-/m0/s1. The Morgan fingerprint density at radius 2 is 2.03 bits per heavy atom. The molecule has 0 radical (unpaired) electrons. The predicted molar refractivity (Wildman–Crippen MR) is 142 cm³/mol. The van der Waals surface area contributed by atoms with Gasteiger partial charge in [0.15, 0.2) is 5.96 Å². The summed E-state index contributed by atoms with van der Waals surface area (Å²) in [6.07, 6.45) is 3.62. The van der Waals surface area contributed by atoms with Crippen LogP contribution in [0.5, 0.6) is 0 Å². The molecule has 1 saturated heterocycles. The Morgan fingerprint density at radius 1 is 1.33 bits per heavy atom. The monoisotopic (exact) mass is 542 g/mol. The fourth-order valence-electron chi connectivity index (χ4n) is 4.93. The molecule has 0 unspecified atom stereocenters. The van der Waals surface area contributed by atoms with Crippen molar-refractivity contribution in [3.8, 4) is 0 Å². The van der Waals surface area contributed by atoms with E-state index in [4.69, 9.17) is 23.1 Å². The van der Waals surface area contributed by atoms with Crippen LogP contribution in [0.1, 0.15) is 51.5 Å². The Kier molecular flexibility index (Phi) is 9.48. The van der Waals surface area contributed by atoms with E-state index >= 15 is 0 Å². The number of sulfonamides is 1. The second-order valence-corrected chi connectivity index (χ2v) is 12.7. The highest BCUT2D eigenvalue weighted by atomic mass is 35.5. The number of guanidine groups is 1. The van der Waals surface area contributed by atoms with Gasteiger partial charge in [-0.25, -0.2) is 8.42 Å². The normalized spacial score (nSPS) is 18.7. The van der Waals surface area contributed by atoms with Gasteiger partial charge in [0.05, 0.1) is 5.69 Å². The summed E-state index contributed by atoms with van der Waals surface area (Å²) < 4.78 is 29.9. The third kappa shape index (κ3) is 7.47. The first-order valence-corrected chi connectivity index (χ1v) is 14.3. The van der Waals surface area contributed by atoms with Gasteiger partial charge in [0.2, 0.25) is 15.9 Å². The zero-order valence-corrected chi connectivity index (χ0v) is 22.7. The lowest BCUT2D eigenvalue weighted by molar-refractivity contribution is -0.134. The van der Waals surface area contributed by atoms with Crippen molar-refractivity contribution in [2.75, 3.05) is 38.1 Å². The van der Waals surface area contributed by atoms with Gasteiger partial charge in [-0.3, -0.25) is 9.79 Å². The number of nitrogens with two attached hydrogens (primary N) is 2. The number of fused-ring (bicyclic) bond motifs is 1. The lowest BCUT2D eigenvalue weighted by atomic mass is 9.82. The van der Waals surface area contributed by atoms with Crippen molar-refractivity contribution in [2.24, 2.45) is 27.8 Å². The zero-order valence-electron chi connectivity index (χ0n) is 21.1. The molecule has 1 aromatic rings. The van der Waals surface area contributed by atoms with Gasteiger partial charge in [0, 0.05) is 37.8 Å². The molecule has 2 heterocycles. The molecule has 1 aromatic carbocycles. The molecule has 0 saturated carbocycles. The summed E-state index contributed by atoms with van der Waals surface area (Å²) in [5.41, 5.74) is 12.1. The van der Waals surface area contributed by atoms with E-state index in [1.807, 2.05) is 0 Å². The average Bonchev–Trinajstić information content (AvgIpc) is 2.79. The molecule has 2 aliphatic heterocycles. The van der Waals surface area contributed by atoms with Gasteiger partial charge in [-0.05, 0) is 67.6 Å². The molecule has 0 aliphatic carbocycles. The number of nitrogens with zero attached hydrogens (tertiary/aromatic N) is 2. The van der Waals surface area contributed by atoms with Gasteiger partial charge in [-0.1, -0.05) is 25.4 Å². The maximum absolute atomic E-state index is 13.6. The number of nitrogens with one attached hydrogen (secondary N) is 2. The van der Waals surface area contributed by atoms with Crippen LogP contribution in [0, 0.1) is 11.3 Å². The number of carbonyl (C=O) groups is 1. The van der Waals surface area contributed by atoms with E-state index in [2.05, 4.69) is 28.9 Å². The molecule has 1 fully saturated rings. The van der Waals surface area contributed by atoms with E-state index < -0.39 is 16.1 Å². The third-order valence-corrected chi connectivity index (χ3v) is 8.57. The summed E-state index contributed by atoms with van der Waals surface area (Å²) in [5, 5.41) is 12.8. The molecule has 1 amide bonds. The highest BCUT2D eigenvalue weighted by Crippen LogP contribution is 2.38. The lowest BCUT2D eigenvalue weighted by Gasteiger charge is -2.35. The van der Waals surface area contributed by atoms with Crippen molar-refractivity contribution in [1.82, 2.24) is 9.62 Å². The number of benzene rings is 1. The minimum absolute atomic E-state index is 0.0435. The number of rotatable bonds is 10. The third-order valence-electron chi connectivity index (χ3n) is 6.86. The van der Waals surface area contributed by atoms with Crippen molar-refractivity contribution >= 4 is 39.2 Å². The molecular weight excluding hydrogens is 504 g/mol. The Labute approximate surface area is 218 Å². The molecule has 10 nitrogen and oxygen atoms in total. The molecule has 12 heteroatoms. The molecule has 0 aromatic heterocycles. The number of hydrogen-bond acceptors (Lipinski definition) is 6. The summed E-state index contributed by atoms with van der Waals surface area (Å²) in [5.74, 6) is 0.0454. The number of aliphatic imine (C=N–C) groups is 1. The number of likely N-dealkylation sites (tertiary alicyclic amines) is 1. The zero-order chi connectivity index (χ0) is 26.5. The van der Waals surface area contributed by atoms with Crippen LogP contribution in [0.3, 0.4) is 0 Å². The second kappa shape index (κ2) is 12.0. The highest BCUT2D eigenvalue weighted by molar-refractivity contribution is 7.89. The highest BCUT2D eigenvalue weighted by Gasteiger charge is 2.35. The molecule has 0 spiro atoms. The Balaban J connectivity index is 1.83. The average molecular weight is 543 g/mol. The van der Waals surface area contributed by atoms with E-state index in [0.717, 1.165) is 18.4 Å². The maximum atomic E-state index is 13.6. The van der Waals surface area contributed by atoms with Crippen LogP contribution in [-0.4, -0.2) is 69.1 Å². The van der Waals surface area contributed by atoms with Crippen LogP contribution in [0.15, 0.2) is 22.0 Å². The number of hydrogen-bond donors (Lipinski definition) is 5. The van der Waals surface area contributed by atoms with Crippen molar-refractivity contribution in [2.45, 2.75) is 63.3 Å². The van der Waals surface area contributed by atoms with Crippen molar-refractivity contribution in [3.05, 3.63) is 22.7 Å². The number of halogens is 1. The first kappa shape index (κ1) is 28.5. The number of aliphatic hydroxyl groups is 1. The lowest BCUT2D eigenvalue weighted by Crippen LogP contribution is -2.51. The fourth-order valence-corrected chi connectivity index (χ4v) is 6.71. The summed E-state index contributed by atoms with van der Waals surface area (Å²) in [7, 11) is -4.08.